The molecule has 1 aliphatic heterocycles. The van der Waals surface area contributed by atoms with Crippen molar-refractivity contribution < 1.29 is 13.9 Å². The normalized spacial score (nSPS) is 14.2. The zero-order valence-electron chi connectivity index (χ0n) is 19.3. The predicted octanol–water partition coefficient (Wildman–Crippen LogP) is 3.73. The van der Waals surface area contributed by atoms with Crippen LogP contribution in [-0.2, 0) is 4.74 Å². The van der Waals surface area contributed by atoms with Crippen LogP contribution >= 0.6 is 0 Å². The molecule has 2 N–H and O–H groups in total. The lowest BCUT2D eigenvalue weighted by molar-refractivity contribution is 0.0374. The van der Waals surface area contributed by atoms with Gasteiger partial charge in [0.2, 0.25) is 5.95 Å². The molecule has 9 heteroatoms. The van der Waals surface area contributed by atoms with Gasteiger partial charge in [-0.1, -0.05) is 12.1 Å². The SMILES string of the molecule is O=C(NCCCN1CCOCC1)c1ccc(Nc2nc3c(-c4ccc(F)cc4)cccn3n2)cc1. The van der Waals surface area contributed by atoms with Crippen molar-refractivity contribution in [1.82, 2.24) is 24.8 Å². The number of nitrogens with one attached hydrogen (secondary N) is 2. The molecule has 0 saturated carbocycles. The molecule has 35 heavy (non-hydrogen) atoms. The smallest absolute Gasteiger partial charge is 0.251 e. The third-order valence-electron chi connectivity index (χ3n) is 5.96. The number of ether oxygens (including phenoxy) is 1. The number of nitrogens with zero attached hydrogens (tertiary/aromatic N) is 4. The Morgan fingerprint density at radius 1 is 1.03 bits per heavy atom. The Morgan fingerprint density at radius 3 is 2.57 bits per heavy atom. The van der Waals surface area contributed by atoms with E-state index in [0.717, 1.165) is 56.1 Å². The van der Waals surface area contributed by atoms with Crippen LogP contribution in [0.2, 0.25) is 0 Å². The van der Waals surface area contributed by atoms with E-state index < -0.39 is 0 Å². The summed E-state index contributed by atoms with van der Waals surface area (Å²) in [5, 5.41) is 10.7. The van der Waals surface area contributed by atoms with Gasteiger partial charge in [0, 0.05) is 42.6 Å². The maximum absolute atomic E-state index is 13.3. The molecule has 180 valence electrons. The molecular formula is C26H27FN6O2. The van der Waals surface area contributed by atoms with Crippen molar-refractivity contribution in [3.63, 3.8) is 0 Å². The number of carbonyl (C=O) groups excluding carboxylic acids is 1. The van der Waals surface area contributed by atoms with Gasteiger partial charge >= 0.3 is 0 Å². The summed E-state index contributed by atoms with van der Waals surface area (Å²) in [4.78, 5) is 19.4. The Kier molecular flexibility index (Phi) is 6.97. The largest absolute Gasteiger partial charge is 0.379 e. The van der Waals surface area contributed by atoms with Gasteiger partial charge in [-0.05, 0) is 67.1 Å². The van der Waals surface area contributed by atoms with E-state index in [-0.39, 0.29) is 11.7 Å². The topological polar surface area (TPSA) is 83.8 Å². The Morgan fingerprint density at radius 2 is 1.80 bits per heavy atom. The summed E-state index contributed by atoms with van der Waals surface area (Å²) in [6, 6.07) is 17.3. The molecule has 0 atom stereocenters. The number of hydrogen-bond acceptors (Lipinski definition) is 6. The first-order valence-electron chi connectivity index (χ1n) is 11.7. The van der Waals surface area contributed by atoms with Crippen molar-refractivity contribution in [3.8, 4) is 11.1 Å². The van der Waals surface area contributed by atoms with Crippen LogP contribution in [0.1, 0.15) is 16.8 Å². The van der Waals surface area contributed by atoms with E-state index in [1.807, 2.05) is 30.5 Å². The fraction of sp³-hybridized carbons (Fsp3) is 0.269. The van der Waals surface area contributed by atoms with Gasteiger partial charge in [-0.3, -0.25) is 9.69 Å². The Balaban J connectivity index is 1.19. The summed E-state index contributed by atoms with van der Waals surface area (Å²) < 4.78 is 20.4. The Hall–Kier alpha value is -3.82. The van der Waals surface area contributed by atoms with Crippen molar-refractivity contribution in [2.75, 3.05) is 44.7 Å². The quantitative estimate of drug-likeness (QED) is 0.379. The van der Waals surface area contributed by atoms with E-state index in [1.54, 1.807) is 28.8 Å². The third kappa shape index (κ3) is 5.64. The monoisotopic (exact) mass is 474 g/mol. The fourth-order valence-corrected chi connectivity index (χ4v) is 4.08. The highest BCUT2D eigenvalue weighted by molar-refractivity contribution is 5.94. The van der Waals surface area contributed by atoms with E-state index in [0.29, 0.717) is 23.7 Å². The molecule has 4 aromatic rings. The average molecular weight is 475 g/mol. The van der Waals surface area contributed by atoms with E-state index in [4.69, 9.17) is 4.74 Å². The molecule has 1 aliphatic rings. The number of aromatic nitrogens is 3. The molecule has 0 aliphatic carbocycles. The van der Waals surface area contributed by atoms with Crippen LogP contribution < -0.4 is 10.6 Å². The van der Waals surface area contributed by atoms with Crippen LogP contribution in [0.5, 0.6) is 0 Å². The standard InChI is InChI=1S/C26H27FN6O2/c27-21-8-4-19(5-9-21)23-3-1-14-33-24(23)30-26(31-33)29-22-10-6-20(7-11-22)25(34)28-12-2-13-32-15-17-35-18-16-32/h1,3-11,14H,2,12-13,15-18H2,(H,28,34)(H,29,31). The van der Waals surface area contributed by atoms with Crippen LogP contribution in [0.4, 0.5) is 16.0 Å². The lowest BCUT2D eigenvalue weighted by atomic mass is 10.1. The maximum atomic E-state index is 13.3. The predicted molar refractivity (Wildman–Crippen MR) is 132 cm³/mol. The fourth-order valence-electron chi connectivity index (χ4n) is 4.08. The number of halogens is 1. The van der Waals surface area contributed by atoms with Crippen LogP contribution in [0.3, 0.4) is 0 Å². The summed E-state index contributed by atoms with van der Waals surface area (Å²) in [6.45, 7) is 5.08. The summed E-state index contributed by atoms with van der Waals surface area (Å²) >= 11 is 0. The highest BCUT2D eigenvalue weighted by atomic mass is 19.1. The molecule has 8 nitrogen and oxygen atoms in total. The molecule has 5 rings (SSSR count). The summed E-state index contributed by atoms with van der Waals surface area (Å²) in [5.74, 6) is 0.0582. The van der Waals surface area contributed by atoms with Gasteiger partial charge in [0.15, 0.2) is 5.65 Å². The van der Waals surface area contributed by atoms with Gasteiger partial charge in [0.1, 0.15) is 5.82 Å². The molecule has 0 unspecified atom stereocenters. The molecule has 1 amide bonds. The lowest BCUT2D eigenvalue weighted by Crippen LogP contribution is -2.38. The molecule has 0 spiro atoms. The zero-order chi connectivity index (χ0) is 24.0. The zero-order valence-corrected chi connectivity index (χ0v) is 19.3. The minimum atomic E-state index is -0.283. The number of pyridine rings is 1. The van der Waals surface area contributed by atoms with Gasteiger partial charge in [-0.15, -0.1) is 5.10 Å². The summed E-state index contributed by atoms with van der Waals surface area (Å²) in [7, 11) is 0. The number of fused-ring (bicyclic) bond motifs is 1. The number of hydrogen-bond donors (Lipinski definition) is 2. The summed E-state index contributed by atoms with van der Waals surface area (Å²) in [5.41, 5.74) is 3.75. The highest BCUT2D eigenvalue weighted by Crippen LogP contribution is 2.25. The molecular weight excluding hydrogens is 447 g/mol. The Bertz CT molecular complexity index is 1280. The first kappa shape index (κ1) is 22.9. The first-order chi connectivity index (χ1) is 17.2. The number of carbonyl (C=O) groups is 1. The second-order valence-electron chi connectivity index (χ2n) is 8.40. The van der Waals surface area contributed by atoms with Crippen LogP contribution in [-0.4, -0.2) is 64.8 Å². The number of benzene rings is 2. The first-order valence-corrected chi connectivity index (χ1v) is 11.7. The minimum Gasteiger partial charge on any atom is -0.379 e. The van der Waals surface area contributed by atoms with Crippen LogP contribution in [0, 0.1) is 5.82 Å². The molecule has 0 bridgehead atoms. The molecule has 3 heterocycles. The average Bonchev–Trinajstić information content (AvgIpc) is 3.31. The minimum absolute atomic E-state index is 0.0895. The maximum Gasteiger partial charge on any atom is 0.251 e. The van der Waals surface area contributed by atoms with E-state index in [1.165, 1.54) is 12.1 Å². The van der Waals surface area contributed by atoms with Gasteiger partial charge in [0.25, 0.3) is 5.91 Å². The molecule has 2 aromatic carbocycles. The number of morpholine rings is 1. The van der Waals surface area contributed by atoms with E-state index in [2.05, 4.69) is 25.6 Å². The second kappa shape index (κ2) is 10.6. The van der Waals surface area contributed by atoms with Gasteiger partial charge in [-0.25, -0.2) is 8.91 Å². The molecule has 1 saturated heterocycles. The lowest BCUT2D eigenvalue weighted by Gasteiger charge is -2.26. The third-order valence-corrected chi connectivity index (χ3v) is 5.96. The van der Waals surface area contributed by atoms with Gasteiger partial charge in [0.05, 0.1) is 13.2 Å². The van der Waals surface area contributed by atoms with Crippen molar-refractivity contribution in [3.05, 3.63) is 78.2 Å². The van der Waals surface area contributed by atoms with E-state index >= 15 is 0 Å². The molecule has 0 radical (unpaired) electrons. The van der Waals surface area contributed by atoms with Crippen molar-refractivity contribution in [2.24, 2.45) is 0 Å². The number of anilines is 2. The van der Waals surface area contributed by atoms with Crippen molar-refractivity contribution in [1.29, 1.82) is 0 Å². The van der Waals surface area contributed by atoms with Crippen LogP contribution in [0.15, 0.2) is 66.9 Å². The van der Waals surface area contributed by atoms with Gasteiger partial charge < -0.3 is 15.4 Å². The molecule has 2 aromatic heterocycles. The Labute approximate surface area is 202 Å². The molecule has 1 fully saturated rings. The van der Waals surface area contributed by atoms with Crippen molar-refractivity contribution in [2.45, 2.75) is 6.42 Å². The van der Waals surface area contributed by atoms with E-state index in [9.17, 15) is 9.18 Å². The number of amides is 1. The van der Waals surface area contributed by atoms with Gasteiger partial charge in [-0.2, -0.15) is 4.98 Å². The van der Waals surface area contributed by atoms with Crippen molar-refractivity contribution >= 4 is 23.2 Å². The summed E-state index contributed by atoms with van der Waals surface area (Å²) in [6.07, 6.45) is 2.72. The second-order valence-corrected chi connectivity index (χ2v) is 8.40. The van der Waals surface area contributed by atoms with Crippen LogP contribution in [0.25, 0.3) is 16.8 Å². The highest BCUT2D eigenvalue weighted by Gasteiger charge is 2.12. The number of rotatable bonds is 8.